The molecule has 1 aromatic heterocycles. The van der Waals surface area contributed by atoms with E-state index < -0.39 is 0 Å². The van der Waals surface area contributed by atoms with E-state index in [1.165, 1.54) is 18.3 Å². The van der Waals surface area contributed by atoms with Crippen molar-refractivity contribution in [2.75, 3.05) is 25.5 Å². The summed E-state index contributed by atoms with van der Waals surface area (Å²) in [5.74, 6) is -0.0584. The van der Waals surface area contributed by atoms with Crippen LogP contribution in [0.1, 0.15) is 18.9 Å². The monoisotopic (exact) mass is 346 g/mol. The smallest absolute Gasteiger partial charge is 0.227 e. The maximum atomic E-state index is 11.7. The number of anilines is 1. The number of carbonyl (C=O) groups is 2. The van der Waals surface area contributed by atoms with Crippen LogP contribution in [-0.4, -0.2) is 36.9 Å². The van der Waals surface area contributed by atoms with Gasteiger partial charge >= 0.3 is 0 Å². The van der Waals surface area contributed by atoms with E-state index in [9.17, 15) is 9.59 Å². The summed E-state index contributed by atoms with van der Waals surface area (Å²) in [6.45, 7) is 2.79. The Labute approximate surface area is 145 Å². The Morgan fingerprint density at radius 2 is 1.92 bits per heavy atom. The summed E-state index contributed by atoms with van der Waals surface area (Å²) in [4.78, 5) is 27.0. The van der Waals surface area contributed by atoms with E-state index in [-0.39, 0.29) is 11.8 Å². The van der Waals surface area contributed by atoms with Gasteiger partial charge in [-0.25, -0.2) is 4.98 Å². The van der Waals surface area contributed by atoms with Crippen LogP contribution in [0.2, 0.25) is 0 Å². The summed E-state index contributed by atoms with van der Waals surface area (Å²) < 4.78 is 0. The second-order valence-corrected chi connectivity index (χ2v) is 6.23. The number of hydrogen-bond donors (Lipinski definition) is 3. The van der Waals surface area contributed by atoms with Gasteiger partial charge in [0, 0.05) is 37.4 Å². The number of nitrogens with one attached hydrogen (secondary N) is 3. The molecule has 3 N–H and O–H groups in total. The molecule has 24 heavy (non-hydrogen) atoms. The maximum Gasteiger partial charge on any atom is 0.227 e. The lowest BCUT2D eigenvalue weighted by molar-refractivity contribution is -0.119. The topological polar surface area (TPSA) is 83.1 Å². The van der Waals surface area contributed by atoms with Gasteiger partial charge in [-0.15, -0.1) is 11.3 Å². The molecule has 6 nitrogen and oxygen atoms in total. The molecule has 2 aromatic rings. The van der Waals surface area contributed by atoms with Gasteiger partial charge in [0.1, 0.15) is 0 Å². The number of aromatic nitrogens is 1. The van der Waals surface area contributed by atoms with Gasteiger partial charge in [0.2, 0.25) is 11.8 Å². The fraction of sp³-hybridized carbons (Fsp3) is 0.353. The van der Waals surface area contributed by atoms with Crippen molar-refractivity contribution in [2.45, 2.75) is 19.8 Å². The fourth-order valence-corrected chi connectivity index (χ4v) is 2.84. The van der Waals surface area contributed by atoms with E-state index in [0.29, 0.717) is 24.6 Å². The first-order valence-electron chi connectivity index (χ1n) is 7.82. The number of benzene rings is 1. The second kappa shape index (κ2) is 9.14. The summed E-state index contributed by atoms with van der Waals surface area (Å²) in [6.07, 6.45) is 1.22. The van der Waals surface area contributed by atoms with Crippen molar-refractivity contribution in [1.82, 2.24) is 15.6 Å². The Hall–Kier alpha value is -2.25. The van der Waals surface area contributed by atoms with Crippen molar-refractivity contribution in [3.05, 3.63) is 35.2 Å². The standard InChI is InChI=1S/C17H22N4O2S/c1-12(22)19-10-7-13-3-5-14(6-4-13)15-11-24-17(20-15)21-16(23)8-9-18-2/h3-6,11,18H,7-10H2,1-2H3,(H,19,22)(H,20,21,23). The van der Waals surface area contributed by atoms with Crippen molar-refractivity contribution in [2.24, 2.45) is 0 Å². The Morgan fingerprint density at radius 1 is 1.17 bits per heavy atom. The quantitative estimate of drug-likeness (QED) is 0.683. The van der Waals surface area contributed by atoms with Crippen LogP contribution in [0.3, 0.4) is 0 Å². The summed E-state index contributed by atoms with van der Waals surface area (Å²) in [5.41, 5.74) is 3.01. The molecule has 0 spiro atoms. The predicted octanol–water partition coefficient (Wildman–Crippen LogP) is 2.04. The van der Waals surface area contributed by atoms with Gasteiger partial charge in [-0.1, -0.05) is 24.3 Å². The molecule has 1 aromatic carbocycles. The van der Waals surface area contributed by atoms with Crippen molar-refractivity contribution in [3.8, 4) is 11.3 Å². The minimum atomic E-state index is -0.0430. The highest BCUT2D eigenvalue weighted by Crippen LogP contribution is 2.25. The number of hydrogen-bond acceptors (Lipinski definition) is 5. The summed E-state index contributed by atoms with van der Waals surface area (Å²) in [7, 11) is 1.81. The van der Waals surface area contributed by atoms with Crippen LogP contribution in [0.15, 0.2) is 29.6 Å². The van der Waals surface area contributed by atoms with Gasteiger partial charge in [-0.2, -0.15) is 0 Å². The number of carbonyl (C=O) groups excluding carboxylic acids is 2. The molecule has 7 heteroatoms. The zero-order valence-corrected chi connectivity index (χ0v) is 14.7. The molecular weight excluding hydrogens is 324 g/mol. The van der Waals surface area contributed by atoms with E-state index in [1.54, 1.807) is 0 Å². The zero-order chi connectivity index (χ0) is 17.4. The molecule has 0 saturated heterocycles. The lowest BCUT2D eigenvalue weighted by Gasteiger charge is -2.04. The number of rotatable bonds is 8. The zero-order valence-electron chi connectivity index (χ0n) is 13.9. The second-order valence-electron chi connectivity index (χ2n) is 5.37. The molecule has 1 heterocycles. The van der Waals surface area contributed by atoms with E-state index in [1.807, 2.05) is 36.7 Å². The summed E-state index contributed by atoms with van der Waals surface area (Å²) >= 11 is 1.42. The summed E-state index contributed by atoms with van der Waals surface area (Å²) in [6, 6.07) is 8.07. The van der Waals surface area contributed by atoms with Crippen molar-refractivity contribution >= 4 is 28.3 Å². The van der Waals surface area contributed by atoms with Gasteiger partial charge in [-0.05, 0) is 19.0 Å². The van der Waals surface area contributed by atoms with Crippen molar-refractivity contribution in [1.29, 1.82) is 0 Å². The molecule has 0 saturated carbocycles. The molecule has 0 unspecified atom stereocenters. The molecule has 0 aliphatic rings. The Bertz CT molecular complexity index is 682. The SMILES string of the molecule is CNCCC(=O)Nc1nc(-c2ccc(CCNC(C)=O)cc2)cs1. The number of nitrogens with zero attached hydrogens (tertiary/aromatic N) is 1. The highest BCUT2D eigenvalue weighted by molar-refractivity contribution is 7.14. The Balaban J connectivity index is 1.92. The first kappa shape index (κ1) is 18.1. The molecule has 0 fully saturated rings. The van der Waals surface area contributed by atoms with Crippen molar-refractivity contribution in [3.63, 3.8) is 0 Å². The van der Waals surface area contributed by atoms with E-state index in [2.05, 4.69) is 20.9 Å². The molecule has 128 valence electrons. The molecular formula is C17H22N4O2S. The average Bonchev–Trinajstić information content (AvgIpc) is 3.01. The van der Waals surface area contributed by atoms with Gasteiger partial charge < -0.3 is 16.0 Å². The van der Waals surface area contributed by atoms with Gasteiger partial charge in [0.15, 0.2) is 5.13 Å². The van der Waals surface area contributed by atoms with E-state index in [4.69, 9.17) is 0 Å². The third-order valence-corrected chi connectivity index (χ3v) is 4.15. The van der Waals surface area contributed by atoms with Crippen LogP contribution >= 0.6 is 11.3 Å². The molecule has 0 bridgehead atoms. The van der Waals surface area contributed by atoms with Crippen LogP contribution in [-0.2, 0) is 16.0 Å². The van der Waals surface area contributed by atoms with Crippen LogP contribution in [0.5, 0.6) is 0 Å². The van der Waals surface area contributed by atoms with E-state index >= 15 is 0 Å². The minimum Gasteiger partial charge on any atom is -0.356 e. The maximum absolute atomic E-state index is 11.7. The molecule has 0 atom stereocenters. The third kappa shape index (κ3) is 5.75. The van der Waals surface area contributed by atoms with Gasteiger partial charge in [0.05, 0.1) is 5.69 Å². The molecule has 2 amide bonds. The van der Waals surface area contributed by atoms with Crippen LogP contribution in [0, 0.1) is 0 Å². The van der Waals surface area contributed by atoms with Gasteiger partial charge in [0.25, 0.3) is 0 Å². The predicted molar refractivity (Wildman–Crippen MR) is 97.1 cm³/mol. The van der Waals surface area contributed by atoms with Crippen LogP contribution in [0.25, 0.3) is 11.3 Å². The minimum absolute atomic E-state index is 0.0154. The molecule has 2 rings (SSSR count). The third-order valence-electron chi connectivity index (χ3n) is 3.39. The fourth-order valence-electron chi connectivity index (χ4n) is 2.11. The first-order valence-corrected chi connectivity index (χ1v) is 8.70. The van der Waals surface area contributed by atoms with Crippen molar-refractivity contribution < 1.29 is 9.59 Å². The highest BCUT2D eigenvalue weighted by Gasteiger charge is 2.08. The molecule has 0 aliphatic heterocycles. The van der Waals surface area contributed by atoms with Crippen LogP contribution in [0.4, 0.5) is 5.13 Å². The molecule has 0 radical (unpaired) electrons. The lowest BCUT2D eigenvalue weighted by Crippen LogP contribution is -2.22. The van der Waals surface area contributed by atoms with E-state index in [0.717, 1.165) is 23.2 Å². The first-order chi connectivity index (χ1) is 11.6. The lowest BCUT2D eigenvalue weighted by atomic mass is 10.1. The number of amides is 2. The Morgan fingerprint density at radius 3 is 2.58 bits per heavy atom. The van der Waals surface area contributed by atoms with Gasteiger partial charge in [-0.3, -0.25) is 9.59 Å². The normalized spacial score (nSPS) is 10.4. The average molecular weight is 346 g/mol. The largest absolute Gasteiger partial charge is 0.356 e. The number of thiazole rings is 1. The highest BCUT2D eigenvalue weighted by atomic mass is 32.1. The Kier molecular flexibility index (Phi) is 6.89. The summed E-state index contributed by atoms with van der Waals surface area (Å²) in [5, 5.41) is 11.1. The molecule has 0 aliphatic carbocycles. The van der Waals surface area contributed by atoms with Crippen LogP contribution < -0.4 is 16.0 Å².